The lowest BCUT2D eigenvalue weighted by Crippen LogP contribution is -2.27. The van der Waals surface area contributed by atoms with Crippen LogP contribution in [0.5, 0.6) is 0 Å². The molecule has 0 aromatic heterocycles. The van der Waals surface area contributed by atoms with Crippen molar-refractivity contribution in [3.8, 4) is 0 Å². The van der Waals surface area contributed by atoms with E-state index in [1.165, 1.54) is 37.5 Å². The number of carboxylic acid groups (broad SMARTS) is 1. The highest BCUT2D eigenvalue weighted by Gasteiger charge is 2.31. The number of methoxy groups -OCH3 is 2. The summed E-state index contributed by atoms with van der Waals surface area (Å²) in [5.74, 6) is -3.29. The van der Waals surface area contributed by atoms with Crippen molar-refractivity contribution in [2.75, 3.05) is 24.1 Å². The highest BCUT2D eigenvalue weighted by Crippen LogP contribution is 2.30. The average molecular weight is 411 g/mol. The van der Waals surface area contributed by atoms with E-state index in [9.17, 15) is 19.2 Å². The van der Waals surface area contributed by atoms with Crippen LogP contribution in [0.3, 0.4) is 0 Å². The lowest BCUT2D eigenvalue weighted by atomic mass is 10.1. The second kappa shape index (κ2) is 8.43. The number of hydrogen-bond acceptors (Lipinski definition) is 8. The van der Waals surface area contributed by atoms with Crippen LogP contribution < -0.4 is 9.91 Å². The first-order chi connectivity index (χ1) is 14.4. The molecule has 0 fully saturated rings. The largest absolute Gasteiger partial charge is 0.477 e. The molecule has 0 saturated carbocycles. The number of carbonyl (C=O) groups is 4. The van der Waals surface area contributed by atoms with Gasteiger partial charge in [-0.25, -0.2) is 14.4 Å². The number of allylic oxidation sites excluding steroid dienone is 2. The van der Waals surface area contributed by atoms with Crippen LogP contribution in [0, 0.1) is 0 Å². The number of hydrogen-bond donors (Lipinski definition) is 1. The van der Waals surface area contributed by atoms with E-state index in [1.807, 2.05) is 0 Å². The Balaban J connectivity index is 2.09. The predicted octanol–water partition coefficient (Wildman–Crippen LogP) is 1.35. The third kappa shape index (κ3) is 3.83. The summed E-state index contributed by atoms with van der Waals surface area (Å²) in [6.07, 6.45) is 5.80. The summed E-state index contributed by atoms with van der Waals surface area (Å²) in [6.45, 7) is 0. The van der Waals surface area contributed by atoms with Gasteiger partial charge in [-0.2, -0.15) is 10.1 Å². The fourth-order valence-electron chi connectivity index (χ4n) is 2.89. The minimum atomic E-state index is -1.28. The molecule has 0 saturated heterocycles. The second-order valence-electron chi connectivity index (χ2n) is 6.07. The molecule has 30 heavy (non-hydrogen) atoms. The number of hydrazone groups is 1. The Morgan fingerprint density at radius 1 is 1.07 bits per heavy atom. The lowest BCUT2D eigenvalue weighted by Gasteiger charge is -2.24. The molecule has 2 heterocycles. The second-order valence-corrected chi connectivity index (χ2v) is 6.07. The molecule has 1 N–H and O–H groups in total. The van der Waals surface area contributed by atoms with E-state index in [0.29, 0.717) is 11.4 Å². The summed E-state index contributed by atoms with van der Waals surface area (Å²) in [5.41, 5.74) is 0.314. The molecule has 1 amide bonds. The monoisotopic (exact) mass is 411 g/mol. The molecule has 1 aromatic carbocycles. The molecule has 10 heteroatoms. The SMILES string of the molecule is COC(=O)C1=C(C(=O)OC)N(c2cccc(N3N=C(C(=O)O)CC3=O)c2)C=CC=C1. The molecular weight excluding hydrogens is 394 g/mol. The van der Waals surface area contributed by atoms with Crippen molar-refractivity contribution in [1.29, 1.82) is 0 Å². The van der Waals surface area contributed by atoms with Gasteiger partial charge in [0.1, 0.15) is 5.70 Å². The summed E-state index contributed by atoms with van der Waals surface area (Å²) >= 11 is 0. The topological polar surface area (TPSA) is 126 Å². The van der Waals surface area contributed by atoms with Crippen LogP contribution in [0.1, 0.15) is 6.42 Å². The molecular formula is C20H17N3O7. The summed E-state index contributed by atoms with van der Waals surface area (Å²) in [5, 5.41) is 13.9. The van der Waals surface area contributed by atoms with Crippen molar-refractivity contribution in [2.45, 2.75) is 6.42 Å². The molecule has 0 radical (unpaired) electrons. The van der Waals surface area contributed by atoms with Crippen molar-refractivity contribution in [1.82, 2.24) is 0 Å². The maximum Gasteiger partial charge on any atom is 0.355 e. The van der Waals surface area contributed by atoms with Crippen LogP contribution in [-0.2, 0) is 28.7 Å². The average Bonchev–Trinajstić information content (AvgIpc) is 3.01. The van der Waals surface area contributed by atoms with Gasteiger partial charge in [0, 0.05) is 11.9 Å². The van der Waals surface area contributed by atoms with Crippen molar-refractivity contribution in [2.24, 2.45) is 5.10 Å². The summed E-state index contributed by atoms with van der Waals surface area (Å²) < 4.78 is 9.61. The first-order valence-corrected chi connectivity index (χ1v) is 8.66. The van der Waals surface area contributed by atoms with Crippen LogP contribution in [-0.4, -0.2) is 48.9 Å². The Bertz CT molecular complexity index is 1050. The Morgan fingerprint density at radius 2 is 1.77 bits per heavy atom. The molecule has 3 rings (SSSR count). The number of esters is 2. The van der Waals surface area contributed by atoms with E-state index in [1.54, 1.807) is 30.4 Å². The van der Waals surface area contributed by atoms with E-state index in [2.05, 4.69) is 5.10 Å². The standard InChI is InChI=1S/C20H17N3O7/c1-29-19(27)14-8-3-4-9-22(17(14)20(28)30-2)12-6-5-7-13(10-12)23-16(24)11-15(21-23)18(25)26/h3-10H,11H2,1-2H3,(H,25,26). The van der Waals surface area contributed by atoms with E-state index >= 15 is 0 Å². The Kier molecular flexibility index (Phi) is 5.77. The Hall–Kier alpha value is -4.21. The number of amides is 1. The van der Waals surface area contributed by atoms with Gasteiger partial charge in [0.05, 0.1) is 31.9 Å². The van der Waals surface area contributed by atoms with Gasteiger partial charge in [0.25, 0.3) is 5.91 Å². The molecule has 10 nitrogen and oxygen atoms in total. The molecule has 0 atom stereocenters. The molecule has 1 aromatic rings. The Labute approximate surface area is 171 Å². The number of nitrogens with zero attached hydrogens (tertiary/aromatic N) is 3. The predicted molar refractivity (Wildman–Crippen MR) is 105 cm³/mol. The van der Waals surface area contributed by atoms with Crippen LogP contribution in [0.15, 0.2) is 65.1 Å². The third-order valence-electron chi connectivity index (χ3n) is 4.26. The van der Waals surface area contributed by atoms with E-state index < -0.39 is 23.8 Å². The van der Waals surface area contributed by atoms with Crippen LogP contribution in [0.4, 0.5) is 11.4 Å². The summed E-state index contributed by atoms with van der Waals surface area (Å²) in [6, 6.07) is 6.34. The van der Waals surface area contributed by atoms with Gasteiger partial charge in [-0.3, -0.25) is 4.79 Å². The van der Waals surface area contributed by atoms with E-state index in [4.69, 9.17) is 14.6 Å². The third-order valence-corrected chi connectivity index (χ3v) is 4.26. The van der Waals surface area contributed by atoms with Gasteiger partial charge in [-0.05, 0) is 30.4 Å². The van der Waals surface area contributed by atoms with Gasteiger partial charge in [0.2, 0.25) is 0 Å². The number of anilines is 2. The first-order valence-electron chi connectivity index (χ1n) is 8.66. The van der Waals surface area contributed by atoms with Crippen molar-refractivity contribution in [3.63, 3.8) is 0 Å². The highest BCUT2D eigenvalue weighted by molar-refractivity contribution is 6.42. The molecule has 2 aliphatic heterocycles. The quantitative estimate of drug-likeness (QED) is 0.720. The molecule has 2 aliphatic rings. The van der Waals surface area contributed by atoms with Gasteiger partial charge in [0.15, 0.2) is 5.71 Å². The van der Waals surface area contributed by atoms with Gasteiger partial charge < -0.3 is 19.5 Å². The zero-order chi connectivity index (χ0) is 21.8. The minimum absolute atomic E-state index is 0.0248. The zero-order valence-corrected chi connectivity index (χ0v) is 16.1. The van der Waals surface area contributed by atoms with Crippen LogP contribution in [0.2, 0.25) is 0 Å². The smallest absolute Gasteiger partial charge is 0.355 e. The van der Waals surface area contributed by atoms with Crippen molar-refractivity contribution in [3.05, 3.63) is 60.0 Å². The number of ether oxygens (including phenoxy) is 2. The number of rotatable bonds is 5. The van der Waals surface area contributed by atoms with Crippen molar-refractivity contribution >= 4 is 40.9 Å². The van der Waals surface area contributed by atoms with Gasteiger partial charge in [-0.15, -0.1) is 0 Å². The fourth-order valence-corrected chi connectivity index (χ4v) is 2.89. The highest BCUT2D eigenvalue weighted by atomic mass is 16.5. The van der Waals surface area contributed by atoms with Gasteiger partial charge in [-0.1, -0.05) is 12.1 Å². The maximum absolute atomic E-state index is 12.5. The molecule has 0 bridgehead atoms. The van der Waals surface area contributed by atoms with Crippen LogP contribution >= 0.6 is 0 Å². The zero-order valence-electron chi connectivity index (χ0n) is 16.1. The van der Waals surface area contributed by atoms with Crippen LogP contribution in [0.25, 0.3) is 0 Å². The number of aliphatic carboxylic acids is 1. The van der Waals surface area contributed by atoms with E-state index in [0.717, 1.165) is 5.01 Å². The fraction of sp³-hybridized carbons (Fsp3) is 0.150. The molecule has 0 aliphatic carbocycles. The molecule has 154 valence electrons. The number of benzene rings is 1. The number of carboxylic acids is 1. The van der Waals surface area contributed by atoms with E-state index in [-0.39, 0.29) is 23.4 Å². The lowest BCUT2D eigenvalue weighted by molar-refractivity contribution is -0.139. The van der Waals surface area contributed by atoms with Gasteiger partial charge >= 0.3 is 17.9 Å². The first kappa shape index (κ1) is 20.5. The molecule has 0 unspecified atom stereocenters. The number of carbonyl (C=O) groups excluding carboxylic acids is 3. The molecule has 0 spiro atoms. The Morgan fingerprint density at radius 3 is 2.40 bits per heavy atom. The maximum atomic E-state index is 12.5. The van der Waals surface area contributed by atoms with Crippen molar-refractivity contribution < 1.29 is 33.8 Å². The normalized spacial score (nSPS) is 15.8. The summed E-state index contributed by atoms with van der Waals surface area (Å²) in [4.78, 5) is 49.4. The summed E-state index contributed by atoms with van der Waals surface area (Å²) in [7, 11) is 2.38. The minimum Gasteiger partial charge on any atom is -0.477 e.